The number of halogens is 1. The van der Waals surface area contributed by atoms with E-state index in [1.165, 1.54) is 0 Å². The summed E-state index contributed by atoms with van der Waals surface area (Å²) in [6.45, 7) is 0. The first-order chi connectivity index (χ1) is 9.24. The van der Waals surface area contributed by atoms with Crippen LogP contribution < -0.4 is 10.7 Å². The Hall–Kier alpha value is -1.79. The monoisotopic (exact) mass is 334 g/mol. The molecule has 0 bridgehead atoms. The summed E-state index contributed by atoms with van der Waals surface area (Å²) in [6.07, 6.45) is 3.31. The number of hydrazone groups is 1. The molecule has 0 unspecified atom stereocenters. The van der Waals surface area contributed by atoms with Crippen LogP contribution in [0.1, 0.15) is 5.69 Å². The lowest BCUT2D eigenvalue weighted by atomic mass is 10.3. The molecule has 2 aromatic rings. The lowest BCUT2D eigenvalue weighted by Gasteiger charge is -2.06. The highest BCUT2D eigenvalue weighted by molar-refractivity contribution is 9.10. The summed E-state index contributed by atoms with van der Waals surface area (Å²) in [5.41, 5.74) is 4.39. The highest BCUT2D eigenvalue weighted by Gasteiger charge is 1.96. The van der Waals surface area contributed by atoms with Crippen LogP contribution in [0.15, 0.2) is 58.2 Å². The summed E-state index contributed by atoms with van der Waals surface area (Å²) in [5.74, 6) is 0. The molecule has 0 radical (unpaired) electrons. The van der Waals surface area contributed by atoms with Crippen LogP contribution in [0, 0.1) is 0 Å². The van der Waals surface area contributed by atoms with E-state index in [0.717, 1.165) is 15.9 Å². The molecular weight excluding hydrogens is 324 g/mol. The van der Waals surface area contributed by atoms with Crippen molar-refractivity contribution in [3.8, 4) is 0 Å². The average Bonchev–Trinajstić information content (AvgIpc) is 2.40. The molecule has 0 saturated heterocycles. The summed E-state index contributed by atoms with van der Waals surface area (Å²) < 4.78 is 0.984. The van der Waals surface area contributed by atoms with Crippen molar-refractivity contribution < 1.29 is 0 Å². The number of hydrogen-bond acceptors (Lipinski definition) is 3. The van der Waals surface area contributed by atoms with Gasteiger partial charge in [0.1, 0.15) is 0 Å². The maximum absolute atomic E-state index is 5.12. The van der Waals surface area contributed by atoms with Gasteiger partial charge in [0.05, 0.1) is 11.9 Å². The number of pyridine rings is 1. The molecule has 0 amide bonds. The van der Waals surface area contributed by atoms with Crippen LogP contribution in [0.5, 0.6) is 0 Å². The van der Waals surface area contributed by atoms with E-state index in [4.69, 9.17) is 12.2 Å². The third kappa shape index (κ3) is 4.76. The molecule has 4 nitrogen and oxygen atoms in total. The van der Waals surface area contributed by atoms with Crippen molar-refractivity contribution >= 4 is 45.2 Å². The molecule has 96 valence electrons. The second kappa shape index (κ2) is 6.96. The van der Waals surface area contributed by atoms with Gasteiger partial charge < -0.3 is 5.32 Å². The first kappa shape index (κ1) is 13.6. The van der Waals surface area contributed by atoms with Crippen LogP contribution in [0.25, 0.3) is 0 Å². The average molecular weight is 335 g/mol. The number of nitrogens with zero attached hydrogens (tertiary/aromatic N) is 2. The van der Waals surface area contributed by atoms with Crippen LogP contribution in [-0.4, -0.2) is 16.3 Å². The van der Waals surface area contributed by atoms with Gasteiger partial charge >= 0.3 is 0 Å². The summed E-state index contributed by atoms with van der Waals surface area (Å²) >= 11 is 8.52. The predicted molar refractivity (Wildman–Crippen MR) is 85.3 cm³/mol. The van der Waals surface area contributed by atoms with Crippen molar-refractivity contribution in [1.82, 2.24) is 10.4 Å². The Morgan fingerprint density at radius 1 is 1.26 bits per heavy atom. The van der Waals surface area contributed by atoms with E-state index in [2.05, 4.69) is 36.8 Å². The number of thiocarbonyl (C=S) groups is 1. The smallest absolute Gasteiger partial charge is 0.191 e. The second-order valence-electron chi connectivity index (χ2n) is 3.59. The number of rotatable bonds is 3. The number of hydrogen-bond donors (Lipinski definition) is 2. The first-order valence-corrected chi connectivity index (χ1v) is 6.71. The molecular formula is C13H11BrN4S. The largest absolute Gasteiger partial charge is 0.331 e. The van der Waals surface area contributed by atoms with E-state index in [1.807, 2.05) is 42.5 Å². The van der Waals surface area contributed by atoms with Gasteiger partial charge in [-0.15, -0.1) is 0 Å². The summed E-state index contributed by atoms with van der Waals surface area (Å²) in [4.78, 5) is 4.11. The van der Waals surface area contributed by atoms with Crippen LogP contribution in [0.2, 0.25) is 0 Å². The molecule has 1 aromatic heterocycles. The minimum atomic E-state index is 0.422. The van der Waals surface area contributed by atoms with E-state index in [-0.39, 0.29) is 0 Å². The Kier molecular flexibility index (Phi) is 5.00. The third-order valence-electron chi connectivity index (χ3n) is 2.13. The molecule has 1 aromatic carbocycles. The zero-order chi connectivity index (χ0) is 13.5. The van der Waals surface area contributed by atoms with Gasteiger partial charge in [0, 0.05) is 16.4 Å². The van der Waals surface area contributed by atoms with Gasteiger partial charge in [-0.1, -0.05) is 28.1 Å². The third-order valence-corrected chi connectivity index (χ3v) is 2.82. The fourth-order valence-corrected chi connectivity index (χ4v) is 1.90. The molecule has 0 fully saturated rings. The molecule has 0 saturated carbocycles. The van der Waals surface area contributed by atoms with Crippen molar-refractivity contribution in [1.29, 1.82) is 0 Å². The SMILES string of the molecule is S=C(N/N=C\c1ccccn1)Nc1cccc(Br)c1. The van der Waals surface area contributed by atoms with E-state index in [1.54, 1.807) is 12.4 Å². The number of anilines is 1. The van der Waals surface area contributed by atoms with Gasteiger partial charge in [-0.05, 0) is 42.5 Å². The van der Waals surface area contributed by atoms with Crippen molar-refractivity contribution in [2.75, 3.05) is 5.32 Å². The van der Waals surface area contributed by atoms with E-state index >= 15 is 0 Å². The predicted octanol–water partition coefficient (Wildman–Crippen LogP) is 3.16. The summed E-state index contributed by atoms with van der Waals surface area (Å²) in [6, 6.07) is 13.3. The molecule has 0 aliphatic carbocycles. The minimum absolute atomic E-state index is 0.422. The Bertz CT molecular complexity index is 586. The Morgan fingerprint density at radius 3 is 2.89 bits per heavy atom. The zero-order valence-electron chi connectivity index (χ0n) is 9.88. The summed E-state index contributed by atoms with van der Waals surface area (Å²) in [5, 5.41) is 7.45. The highest BCUT2D eigenvalue weighted by Crippen LogP contribution is 2.15. The van der Waals surface area contributed by atoms with Crippen molar-refractivity contribution in [3.63, 3.8) is 0 Å². The quantitative estimate of drug-likeness (QED) is 0.514. The molecule has 2 rings (SSSR count). The van der Waals surface area contributed by atoms with E-state index < -0.39 is 0 Å². The maximum Gasteiger partial charge on any atom is 0.191 e. The number of aromatic nitrogens is 1. The zero-order valence-corrected chi connectivity index (χ0v) is 12.3. The Labute approximate surface area is 125 Å². The molecule has 0 atom stereocenters. The number of nitrogens with one attached hydrogen (secondary N) is 2. The van der Waals surface area contributed by atoms with Crippen molar-refractivity contribution in [2.45, 2.75) is 0 Å². The highest BCUT2D eigenvalue weighted by atomic mass is 79.9. The van der Waals surface area contributed by atoms with Crippen molar-refractivity contribution in [3.05, 3.63) is 58.8 Å². The van der Waals surface area contributed by atoms with Crippen LogP contribution >= 0.6 is 28.1 Å². The van der Waals surface area contributed by atoms with Gasteiger partial charge in [0.25, 0.3) is 0 Å². The fraction of sp³-hybridized carbons (Fsp3) is 0. The minimum Gasteiger partial charge on any atom is -0.331 e. The lowest BCUT2D eigenvalue weighted by Crippen LogP contribution is -2.23. The first-order valence-electron chi connectivity index (χ1n) is 5.51. The molecule has 0 aliphatic heterocycles. The Morgan fingerprint density at radius 2 is 2.16 bits per heavy atom. The van der Waals surface area contributed by atoms with E-state index in [9.17, 15) is 0 Å². The van der Waals surface area contributed by atoms with E-state index in [0.29, 0.717) is 5.11 Å². The number of benzene rings is 1. The lowest BCUT2D eigenvalue weighted by molar-refractivity contribution is 1.05. The van der Waals surface area contributed by atoms with Gasteiger partial charge in [-0.25, -0.2) is 0 Å². The summed E-state index contributed by atoms with van der Waals surface area (Å²) in [7, 11) is 0. The Balaban J connectivity index is 1.87. The van der Waals surface area contributed by atoms with Crippen LogP contribution in [-0.2, 0) is 0 Å². The van der Waals surface area contributed by atoms with Gasteiger partial charge in [-0.3, -0.25) is 10.4 Å². The van der Waals surface area contributed by atoms with Gasteiger partial charge in [0.15, 0.2) is 5.11 Å². The standard InChI is InChI=1S/C13H11BrN4S/c14-10-4-3-6-11(8-10)17-13(19)18-16-9-12-5-1-2-7-15-12/h1-9H,(H2,17,18,19)/b16-9-. The normalized spacial score (nSPS) is 10.4. The second-order valence-corrected chi connectivity index (χ2v) is 4.91. The van der Waals surface area contributed by atoms with Crippen LogP contribution in [0.4, 0.5) is 5.69 Å². The van der Waals surface area contributed by atoms with Crippen molar-refractivity contribution in [2.24, 2.45) is 5.10 Å². The molecule has 1 heterocycles. The fourth-order valence-electron chi connectivity index (χ4n) is 1.33. The molecule has 0 spiro atoms. The molecule has 0 aliphatic rings. The van der Waals surface area contributed by atoms with Gasteiger partial charge in [-0.2, -0.15) is 5.10 Å². The molecule has 19 heavy (non-hydrogen) atoms. The van der Waals surface area contributed by atoms with Gasteiger partial charge in [0.2, 0.25) is 0 Å². The maximum atomic E-state index is 5.12. The molecule has 2 N–H and O–H groups in total. The van der Waals surface area contributed by atoms with Crippen LogP contribution in [0.3, 0.4) is 0 Å². The topological polar surface area (TPSA) is 49.3 Å². The molecule has 6 heteroatoms.